The fourth-order valence-electron chi connectivity index (χ4n) is 1.26. The summed E-state index contributed by atoms with van der Waals surface area (Å²) in [5.41, 5.74) is 0. The Kier molecular flexibility index (Phi) is 4.78. The third-order valence-electron chi connectivity index (χ3n) is 2.08. The van der Waals surface area contributed by atoms with E-state index in [2.05, 4.69) is 33.9 Å². The molecule has 0 atom stereocenters. The van der Waals surface area contributed by atoms with Crippen LogP contribution in [-0.4, -0.2) is 49.1 Å². The Morgan fingerprint density at radius 1 is 1.20 bits per heavy atom. The highest BCUT2D eigenvalue weighted by Gasteiger charge is 2.03. The fourth-order valence-corrected chi connectivity index (χ4v) is 1.40. The van der Waals surface area contributed by atoms with Crippen molar-refractivity contribution in [3.63, 3.8) is 0 Å². The second-order valence-electron chi connectivity index (χ2n) is 3.78. The van der Waals surface area contributed by atoms with Gasteiger partial charge in [0.05, 0.1) is 12.4 Å². The van der Waals surface area contributed by atoms with Gasteiger partial charge in [-0.2, -0.15) is 0 Å². The lowest BCUT2D eigenvalue weighted by Crippen LogP contribution is -2.24. The van der Waals surface area contributed by atoms with Crippen molar-refractivity contribution in [2.24, 2.45) is 0 Å². The molecule has 0 spiro atoms. The topological polar surface area (TPSA) is 32.3 Å². The summed E-state index contributed by atoms with van der Waals surface area (Å²) in [6, 6.07) is 0. The number of rotatable bonds is 5. The summed E-state index contributed by atoms with van der Waals surface area (Å²) >= 11 is 5.76. The molecule has 1 aromatic rings. The first-order valence-electron chi connectivity index (χ1n) is 4.93. The lowest BCUT2D eigenvalue weighted by atomic mass is 10.4. The van der Waals surface area contributed by atoms with Gasteiger partial charge < -0.3 is 9.80 Å². The zero-order chi connectivity index (χ0) is 11.3. The number of halogens is 1. The van der Waals surface area contributed by atoms with Crippen molar-refractivity contribution in [3.8, 4) is 0 Å². The van der Waals surface area contributed by atoms with Crippen LogP contribution in [0.3, 0.4) is 0 Å². The van der Waals surface area contributed by atoms with Gasteiger partial charge in [-0.3, -0.25) is 4.98 Å². The average Bonchev–Trinajstić information content (AvgIpc) is 2.17. The van der Waals surface area contributed by atoms with Gasteiger partial charge in [-0.25, -0.2) is 4.98 Å². The smallest absolute Gasteiger partial charge is 0.149 e. The maximum Gasteiger partial charge on any atom is 0.149 e. The number of aromatic nitrogens is 2. The Morgan fingerprint density at radius 3 is 2.53 bits per heavy atom. The van der Waals surface area contributed by atoms with Crippen LogP contribution < -0.4 is 4.90 Å². The quantitative estimate of drug-likeness (QED) is 0.765. The first kappa shape index (κ1) is 12.2. The molecule has 15 heavy (non-hydrogen) atoms. The normalized spacial score (nSPS) is 10.7. The standard InChI is InChI=1S/C10H17ClN4/c1-14(2)5-4-6-15(3)10-8-12-7-9(11)13-10/h7-8H,4-6H2,1-3H3. The van der Waals surface area contributed by atoms with Crippen LogP contribution in [0, 0.1) is 0 Å². The van der Waals surface area contributed by atoms with Crippen molar-refractivity contribution >= 4 is 17.4 Å². The highest BCUT2D eigenvalue weighted by Crippen LogP contribution is 2.10. The molecule has 1 aromatic heterocycles. The van der Waals surface area contributed by atoms with Crippen LogP contribution in [0.15, 0.2) is 12.4 Å². The molecule has 0 saturated carbocycles. The third-order valence-corrected chi connectivity index (χ3v) is 2.26. The SMILES string of the molecule is CN(C)CCCN(C)c1cncc(Cl)n1. The summed E-state index contributed by atoms with van der Waals surface area (Å²) in [5.74, 6) is 0.821. The van der Waals surface area contributed by atoms with Crippen LogP contribution >= 0.6 is 11.6 Å². The zero-order valence-corrected chi connectivity index (χ0v) is 10.2. The van der Waals surface area contributed by atoms with Crippen LogP contribution in [0.2, 0.25) is 5.15 Å². The van der Waals surface area contributed by atoms with E-state index in [0.717, 1.165) is 25.3 Å². The molecule has 1 rings (SSSR count). The molecule has 0 saturated heterocycles. The molecule has 0 bridgehead atoms. The van der Waals surface area contributed by atoms with Gasteiger partial charge in [0.1, 0.15) is 11.0 Å². The van der Waals surface area contributed by atoms with Crippen LogP contribution in [0.5, 0.6) is 0 Å². The van der Waals surface area contributed by atoms with Crippen molar-refractivity contribution in [1.82, 2.24) is 14.9 Å². The van der Waals surface area contributed by atoms with E-state index in [4.69, 9.17) is 11.6 Å². The minimum Gasteiger partial charge on any atom is -0.358 e. The van der Waals surface area contributed by atoms with Crippen molar-refractivity contribution < 1.29 is 0 Å². The Morgan fingerprint density at radius 2 is 1.93 bits per heavy atom. The molecule has 5 heteroatoms. The summed E-state index contributed by atoms with van der Waals surface area (Å²) < 4.78 is 0. The van der Waals surface area contributed by atoms with Gasteiger partial charge in [0.2, 0.25) is 0 Å². The van der Waals surface area contributed by atoms with Gasteiger partial charge >= 0.3 is 0 Å². The number of nitrogens with zero attached hydrogens (tertiary/aromatic N) is 4. The number of anilines is 1. The van der Waals surface area contributed by atoms with E-state index in [1.807, 2.05) is 7.05 Å². The largest absolute Gasteiger partial charge is 0.358 e. The molecule has 0 unspecified atom stereocenters. The van der Waals surface area contributed by atoms with Crippen LogP contribution in [-0.2, 0) is 0 Å². The third kappa shape index (κ3) is 4.44. The predicted molar refractivity (Wildman–Crippen MR) is 63.5 cm³/mol. The molecule has 0 aliphatic carbocycles. The summed E-state index contributed by atoms with van der Waals surface area (Å²) in [6.45, 7) is 2.02. The lowest BCUT2D eigenvalue weighted by Gasteiger charge is -2.18. The van der Waals surface area contributed by atoms with Crippen LogP contribution in [0.4, 0.5) is 5.82 Å². The molecular weight excluding hydrogens is 212 g/mol. The van der Waals surface area contributed by atoms with Gasteiger partial charge in [0, 0.05) is 13.6 Å². The molecule has 0 radical (unpaired) electrons. The van der Waals surface area contributed by atoms with Crippen molar-refractivity contribution in [1.29, 1.82) is 0 Å². The zero-order valence-electron chi connectivity index (χ0n) is 9.44. The highest BCUT2D eigenvalue weighted by atomic mass is 35.5. The monoisotopic (exact) mass is 228 g/mol. The van der Waals surface area contributed by atoms with Gasteiger partial charge in [-0.15, -0.1) is 0 Å². The minimum atomic E-state index is 0.437. The van der Waals surface area contributed by atoms with Gasteiger partial charge in [0.15, 0.2) is 0 Å². The molecule has 0 aliphatic rings. The highest BCUT2D eigenvalue weighted by molar-refractivity contribution is 6.29. The van der Waals surface area contributed by atoms with E-state index in [1.54, 1.807) is 12.4 Å². The van der Waals surface area contributed by atoms with E-state index in [-0.39, 0.29) is 0 Å². The van der Waals surface area contributed by atoms with E-state index >= 15 is 0 Å². The Bertz CT molecular complexity index is 303. The van der Waals surface area contributed by atoms with Crippen molar-refractivity contribution in [3.05, 3.63) is 17.5 Å². The summed E-state index contributed by atoms with van der Waals surface area (Å²) in [5, 5.41) is 0.437. The maximum atomic E-state index is 5.76. The van der Waals surface area contributed by atoms with E-state index in [1.165, 1.54) is 0 Å². The maximum absolute atomic E-state index is 5.76. The molecular formula is C10H17ClN4. The molecule has 4 nitrogen and oxygen atoms in total. The number of hydrogen-bond acceptors (Lipinski definition) is 4. The molecule has 0 amide bonds. The summed E-state index contributed by atoms with van der Waals surface area (Å²) in [6.07, 6.45) is 4.36. The van der Waals surface area contributed by atoms with E-state index in [9.17, 15) is 0 Å². The average molecular weight is 229 g/mol. The lowest BCUT2D eigenvalue weighted by molar-refractivity contribution is 0.401. The molecule has 1 heterocycles. The van der Waals surface area contributed by atoms with Gasteiger partial charge in [0.25, 0.3) is 0 Å². The first-order chi connectivity index (χ1) is 7.09. The minimum absolute atomic E-state index is 0.437. The van der Waals surface area contributed by atoms with Crippen molar-refractivity contribution in [2.45, 2.75) is 6.42 Å². The van der Waals surface area contributed by atoms with Gasteiger partial charge in [-0.1, -0.05) is 11.6 Å². The van der Waals surface area contributed by atoms with E-state index in [0.29, 0.717) is 5.15 Å². The molecule has 84 valence electrons. The second kappa shape index (κ2) is 5.88. The first-order valence-corrected chi connectivity index (χ1v) is 5.31. The molecule has 0 aliphatic heterocycles. The van der Waals surface area contributed by atoms with E-state index < -0.39 is 0 Å². The van der Waals surface area contributed by atoms with Crippen molar-refractivity contribution in [2.75, 3.05) is 39.1 Å². The van der Waals surface area contributed by atoms with Crippen LogP contribution in [0.1, 0.15) is 6.42 Å². The Balaban J connectivity index is 2.43. The molecule has 0 fully saturated rings. The molecule has 0 aromatic carbocycles. The Labute approximate surface area is 95.9 Å². The molecule has 0 N–H and O–H groups in total. The fraction of sp³-hybridized carbons (Fsp3) is 0.600. The Hall–Kier alpha value is -0.870. The predicted octanol–water partition coefficient (Wildman–Crippen LogP) is 1.52. The summed E-state index contributed by atoms with van der Waals surface area (Å²) in [7, 11) is 6.13. The van der Waals surface area contributed by atoms with Gasteiger partial charge in [-0.05, 0) is 27.1 Å². The van der Waals surface area contributed by atoms with Crippen LogP contribution in [0.25, 0.3) is 0 Å². The summed E-state index contributed by atoms with van der Waals surface area (Å²) in [4.78, 5) is 12.4. The second-order valence-corrected chi connectivity index (χ2v) is 4.17. The number of hydrogen-bond donors (Lipinski definition) is 0.